The summed E-state index contributed by atoms with van der Waals surface area (Å²) in [6.07, 6.45) is 0.937. The van der Waals surface area contributed by atoms with E-state index in [9.17, 15) is 4.79 Å². The van der Waals surface area contributed by atoms with Gasteiger partial charge in [-0.15, -0.1) is 0 Å². The number of carbonyl (C=O) groups is 1. The Kier molecular flexibility index (Phi) is 2.47. The summed E-state index contributed by atoms with van der Waals surface area (Å²) < 4.78 is 7.25. The van der Waals surface area contributed by atoms with Crippen LogP contribution in [-0.2, 0) is 11.2 Å². The molecule has 18 heavy (non-hydrogen) atoms. The van der Waals surface area contributed by atoms with E-state index in [0.717, 1.165) is 12.1 Å². The van der Waals surface area contributed by atoms with Gasteiger partial charge in [0.15, 0.2) is 0 Å². The zero-order chi connectivity index (χ0) is 12.7. The Morgan fingerprint density at radius 2 is 2.17 bits per heavy atom. The van der Waals surface area contributed by atoms with E-state index in [1.165, 1.54) is 17.0 Å². The minimum absolute atomic E-state index is 0.251. The molecule has 0 fully saturated rings. The number of rotatable bonds is 2. The van der Waals surface area contributed by atoms with E-state index in [1.54, 1.807) is 0 Å². The number of benzene rings is 1. The summed E-state index contributed by atoms with van der Waals surface area (Å²) in [6, 6.07) is 10.0. The van der Waals surface area contributed by atoms with E-state index in [4.69, 9.17) is 4.74 Å². The number of ether oxygens (including phenoxy) is 1. The van der Waals surface area contributed by atoms with E-state index in [1.807, 2.05) is 25.1 Å². The predicted octanol–water partition coefficient (Wildman–Crippen LogP) is 2.87. The van der Waals surface area contributed by atoms with Crippen molar-refractivity contribution in [1.29, 1.82) is 0 Å². The fraction of sp³-hybridized carbons (Fsp3) is 0.267. The van der Waals surface area contributed by atoms with Crippen LogP contribution in [0.1, 0.15) is 34.2 Å². The maximum absolute atomic E-state index is 11.7. The first kappa shape index (κ1) is 11.1. The largest absolute Gasteiger partial charge is 0.462 e. The quantitative estimate of drug-likeness (QED) is 0.646. The van der Waals surface area contributed by atoms with Gasteiger partial charge in [0.1, 0.15) is 0 Å². The van der Waals surface area contributed by atoms with Crippen molar-refractivity contribution in [3.63, 3.8) is 0 Å². The molecule has 1 aliphatic heterocycles. The maximum Gasteiger partial charge on any atom is 0.338 e. The summed E-state index contributed by atoms with van der Waals surface area (Å²) >= 11 is 0. The molecule has 1 aromatic carbocycles. The van der Waals surface area contributed by atoms with Crippen LogP contribution in [0.3, 0.4) is 0 Å². The number of nitrogens with zero attached hydrogens (tertiary/aromatic N) is 1. The third-order valence-electron chi connectivity index (χ3n) is 3.37. The Morgan fingerprint density at radius 3 is 2.94 bits per heavy atom. The molecule has 0 bridgehead atoms. The third-order valence-corrected chi connectivity index (χ3v) is 3.37. The monoisotopic (exact) mass is 241 g/mol. The number of aromatic nitrogens is 1. The molecule has 1 aliphatic rings. The minimum Gasteiger partial charge on any atom is -0.462 e. The van der Waals surface area contributed by atoms with Gasteiger partial charge in [-0.25, -0.2) is 4.79 Å². The number of fused-ring (bicyclic) bond motifs is 3. The molecule has 0 unspecified atom stereocenters. The molecule has 1 aromatic heterocycles. The highest BCUT2D eigenvalue weighted by molar-refractivity contribution is 5.90. The van der Waals surface area contributed by atoms with Gasteiger partial charge in [0.25, 0.3) is 0 Å². The van der Waals surface area contributed by atoms with Crippen molar-refractivity contribution in [3.05, 3.63) is 52.8 Å². The lowest BCUT2D eigenvalue weighted by Gasteiger charge is -2.08. The molecule has 0 aliphatic carbocycles. The Bertz CT molecular complexity index is 625. The Balaban J connectivity index is 2.07. The van der Waals surface area contributed by atoms with Crippen molar-refractivity contribution >= 4 is 5.97 Å². The van der Waals surface area contributed by atoms with Gasteiger partial charge in [0.2, 0.25) is 0 Å². The lowest BCUT2D eigenvalue weighted by Crippen LogP contribution is -2.05. The van der Waals surface area contributed by atoms with Crippen molar-refractivity contribution in [2.45, 2.75) is 20.3 Å². The van der Waals surface area contributed by atoms with Crippen LogP contribution in [0.4, 0.5) is 0 Å². The molecule has 0 N–H and O–H groups in total. The van der Waals surface area contributed by atoms with Crippen LogP contribution in [0.2, 0.25) is 0 Å². The molecule has 0 radical (unpaired) electrons. The highest BCUT2D eigenvalue weighted by atomic mass is 16.5. The van der Waals surface area contributed by atoms with Crippen molar-refractivity contribution < 1.29 is 9.53 Å². The van der Waals surface area contributed by atoms with E-state index in [0.29, 0.717) is 12.2 Å². The third kappa shape index (κ3) is 1.55. The molecule has 0 atom stereocenters. The Morgan fingerprint density at radius 1 is 1.33 bits per heavy atom. The predicted molar refractivity (Wildman–Crippen MR) is 69.3 cm³/mol. The highest BCUT2D eigenvalue weighted by Crippen LogP contribution is 2.30. The van der Waals surface area contributed by atoms with Gasteiger partial charge >= 0.3 is 5.97 Å². The summed E-state index contributed by atoms with van der Waals surface area (Å²) in [4.78, 5) is 11.7. The van der Waals surface area contributed by atoms with Gasteiger partial charge in [0, 0.05) is 23.5 Å². The molecule has 0 saturated carbocycles. The van der Waals surface area contributed by atoms with Gasteiger partial charge in [0.05, 0.1) is 12.2 Å². The Labute approximate surface area is 106 Å². The fourth-order valence-corrected chi connectivity index (χ4v) is 2.53. The number of carbonyl (C=O) groups excluding carboxylic acids is 1. The summed E-state index contributed by atoms with van der Waals surface area (Å²) in [5, 5.41) is 0. The molecule has 3 rings (SSSR count). The zero-order valence-corrected chi connectivity index (χ0v) is 10.6. The van der Waals surface area contributed by atoms with Crippen LogP contribution in [0.25, 0.3) is 5.69 Å². The average molecular weight is 241 g/mol. The molecule has 2 heterocycles. The maximum atomic E-state index is 11.7. The summed E-state index contributed by atoms with van der Waals surface area (Å²) in [5.41, 5.74) is 5.48. The summed E-state index contributed by atoms with van der Waals surface area (Å²) in [5.74, 6) is -0.251. The molecular weight excluding hydrogens is 226 g/mol. The van der Waals surface area contributed by atoms with Crippen molar-refractivity contribution in [2.75, 3.05) is 6.61 Å². The van der Waals surface area contributed by atoms with Crippen LogP contribution in [0.5, 0.6) is 0 Å². The normalized spacial score (nSPS) is 12.1. The van der Waals surface area contributed by atoms with Crippen LogP contribution < -0.4 is 0 Å². The lowest BCUT2D eigenvalue weighted by molar-refractivity contribution is 0.0526. The van der Waals surface area contributed by atoms with E-state index < -0.39 is 0 Å². The second kappa shape index (κ2) is 4.02. The first-order valence-corrected chi connectivity index (χ1v) is 6.18. The van der Waals surface area contributed by atoms with Gasteiger partial charge < -0.3 is 9.30 Å². The number of aryl methyl sites for hydroxylation is 1. The first-order chi connectivity index (χ1) is 8.70. The minimum atomic E-state index is -0.251. The number of hydrogen-bond donors (Lipinski definition) is 0. The van der Waals surface area contributed by atoms with Gasteiger partial charge in [-0.05, 0) is 43.7 Å². The molecular formula is C15H15NO2. The molecule has 2 aromatic rings. The molecule has 0 saturated heterocycles. The number of hydrogen-bond acceptors (Lipinski definition) is 2. The summed E-state index contributed by atoms with van der Waals surface area (Å²) in [6.45, 7) is 4.30. The average Bonchev–Trinajstić information content (AvgIpc) is 2.89. The highest BCUT2D eigenvalue weighted by Gasteiger charge is 2.21. The lowest BCUT2D eigenvalue weighted by atomic mass is 10.1. The molecule has 0 spiro atoms. The van der Waals surface area contributed by atoms with Crippen LogP contribution in [-0.4, -0.2) is 17.1 Å². The second-order valence-corrected chi connectivity index (χ2v) is 4.54. The number of esters is 1. The van der Waals surface area contributed by atoms with Crippen molar-refractivity contribution in [2.24, 2.45) is 0 Å². The zero-order valence-electron chi connectivity index (χ0n) is 10.6. The van der Waals surface area contributed by atoms with E-state index >= 15 is 0 Å². The van der Waals surface area contributed by atoms with Gasteiger partial charge in [-0.2, -0.15) is 0 Å². The van der Waals surface area contributed by atoms with Crippen molar-refractivity contribution in [1.82, 2.24) is 4.57 Å². The van der Waals surface area contributed by atoms with Gasteiger partial charge in [-0.1, -0.05) is 6.07 Å². The standard InChI is InChI=1S/C15H15NO2/c1-3-18-15(17)12-6-5-11-8-13-7-4-10(2)16(13)14(11)9-12/h4-7,9H,3,8H2,1-2H3. The summed E-state index contributed by atoms with van der Waals surface area (Å²) in [7, 11) is 0. The van der Waals surface area contributed by atoms with Crippen molar-refractivity contribution in [3.8, 4) is 5.69 Å². The van der Waals surface area contributed by atoms with Gasteiger partial charge in [-0.3, -0.25) is 0 Å². The first-order valence-electron chi connectivity index (χ1n) is 6.18. The van der Waals surface area contributed by atoms with Crippen LogP contribution >= 0.6 is 0 Å². The van der Waals surface area contributed by atoms with E-state index in [-0.39, 0.29) is 5.97 Å². The smallest absolute Gasteiger partial charge is 0.338 e. The molecule has 3 nitrogen and oxygen atoms in total. The molecule has 0 amide bonds. The molecule has 3 heteroatoms. The SMILES string of the molecule is CCOC(=O)c1ccc2c(c1)-n1c(C)ccc1C2. The fourth-order valence-electron chi connectivity index (χ4n) is 2.53. The van der Waals surface area contributed by atoms with Crippen LogP contribution in [0, 0.1) is 6.92 Å². The second-order valence-electron chi connectivity index (χ2n) is 4.54. The van der Waals surface area contributed by atoms with E-state index in [2.05, 4.69) is 23.6 Å². The topological polar surface area (TPSA) is 31.2 Å². The molecule has 92 valence electrons. The Hall–Kier alpha value is -2.03. The van der Waals surface area contributed by atoms with Crippen LogP contribution in [0.15, 0.2) is 30.3 Å².